The topological polar surface area (TPSA) is 133 Å². The summed E-state index contributed by atoms with van der Waals surface area (Å²) in [6.07, 6.45) is 0. The van der Waals surface area contributed by atoms with Crippen molar-refractivity contribution in [3.8, 4) is 0 Å². The maximum absolute atomic E-state index is 12.2. The number of carbonyl (C=O) groups excluding carboxylic acids is 3. The van der Waals surface area contributed by atoms with Crippen molar-refractivity contribution in [3.05, 3.63) is 28.2 Å². The Kier molecular flexibility index (Phi) is 4.87. The molecule has 0 saturated heterocycles. The maximum Gasteiger partial charge on any atom is 0.256 e. The minimum absolute atomic E-state index is 0.225. The summed E-state index contributed by atoms with van der Waals surface area (Å²) in [5.74, 6) is -2.04. The van der Waals surface area contributed by atoms with Crippen molar-refractivity contribution in [3.63, 3.8) is 0 Å². The predicted octanol–water partition coefficient (Wildman–Crippen LogP) is -0.556. The fourth-order valence-corrected chi connectivity index (χ4v) is 1.90. The van der Waals surface area contributed by atoms with E-state index in [4.69, 9.17) is 17.2 Å². The third-order valence-corrected chi connectivity index (χ3v) is 3.12. The van der Waals surface area contributed by atoms with Crippen molar-refractivity contribution in [2.24, 2.45) is 11.5 Å². The summed E-state index contributed by atoms with van der Waals surface area (Å²) >= 11 is 3.18. The third kappa shape index (κ3) is 3.95. The number of hydrogen-bond acceptors (Lipinski definition) is 4. The number of amides is 3. The van der Waals surface area contributed by atoms with Crippen molar-refractivity contribution < 1.29 is 14.4 Å². The molecule has 19 heavy (non-hydrogen) atoms. The van der Waals surface area contributed by atoms with Crippen LogP contribution in [0.5, 0.6) is 0 Å². The van der Waals surface area contributed by atoms with Crippen LogP contribution < -0.4 is 17.2 Å². The average Bonchev–Trinajstić information content (AvgIpc) is 2.30. The van der Waals surface area contributed by atoms with Gasteiger partial charge in [-0.15, -0.1) is 0 Å². The Morgan fingerprint density at radius 2 is 1.63 bits per heavy atom. The molecule has 0 saturated carbocycles. The SMILES string of the molecule is NC(=O)CN(CC(N)=O)C(=O)c1cccc(N)c1Br. The van der Waals surface area contributed by atoms with Crippen LogP contribution in [0.4, 0.5) is 5.69 Å². The fraction of sp³-hybridized carbons (Fsp3) is 0.182. The molecule has 1 aromatic rings. The first-order chi connectivity index (χ1) is 8.82. The molecular weight excluding hydrogens is 316 g/mol. The average molecular weight is 329 g/mol. The molecule has 102 valence electrons. The van der Waals surface area contributed by atoms with Gasteiger partial charge in [0.1, 0.15) is 13.1 Å². The van der Waals surface area contributed by atoms with E-state index in [1.165, 1.54) is 6.07 Å². The highest BCUT2D eigenvalue weighted by Crippen LogP contribution is 2.24. The van der Waals surface area contributed by atoms with E-state index < -0.39 is 30.8 Å². The van der Waals surface area contributed by atoms with Crippen molar-refractivity contribution in [1.82, 2.24) is 4.90 Å². The van der Waals surface area contributed by atoms with E-state index in [9.17, 15) is 14.4 Å². The van der Waals surface area contributed by atoms with Crippen LogP contribution >= 0.6 is 15.9 Å². The largest absolute Gasteiger partial charge is 0.398 e. The van der Waals surface area contributed by atoms with Gasteiger partial charge >= 0.3 is 0 Å². The van der Waals surface area contributed by atoms with Crippen LogP contribution in [-0.2, 0) is 9.59 Å². The summed E-state index contributed by atoms with van der Waals surface area (Å²) in [4.78, 5) is 35.0. The zero-order chi connectivity index (χ0) is 14.6. The summed E-state index contributed by atoms with van der Waals surface area (Å²) < 4.78 is 0.388. The number of primary amides is 2. The van der Waals surface area contributed by atoms with E-state index in [-0.39, 0.29) is 5.56 Å². The highest BCUT2D eigenvalue weighted by Gasteiger charge is 2.22. The molecule has 0 aliphatic heterocycles. The lowest BCUT2D eigenvalue weighted by Gasteiger charge is -2.20. The first kappa shape index (κ1) is 15.0. The Hall–Kier alpha value is -2.09. The zero-order valence-corrected chi connectivity index (χ0v) is 11.5. The van der Waals surface area contributed by atoms with Crippen molar-refractivity contribution in [1.29, 1.82) is 0 Å². The van der Waals surface area contributed by atoms with Crippen LogP contribution in [0.3, 0.4) is 0 Å². The second-order valence-corrected chi connectivity index (χ2v) is 4.60. The third-order valence-electron chi connectivity index (χ3n) is 2.24. The second kappa shape index (κ2) is 6.19. The van der Waals surface area contributed by atoms with Crippen LogP contribution in [-0.4, -0.2) is 35.7 Å². The molecule has 3 amide bonds. The van der Waals surface area contributed by atoms with E-state index in [0.29, 0.717) is 10.2 Å². The molecule has 0 fully saturated rings. The minimum Gasteiger partial charge on any atom is -0.398 e. The Morgan fingerprint density at radius 3 is 2.11 bits per heavy atom. The van der Waals surface area contributed by atoms with E-state index in [0.717, 1.165) is 4.90 Å². The summed E-state index contributed by atoms with van der Waals surface area (Å²) in [6, 6.07) is 4.70. The van der Waals surface area contributed by atoms with Gasteiger partial charge < -0.3 is 22.1 Å². The van der Waals surface area contributed by atoms with Gasteiger partial charge in [0.15, 0.2) is 0 Å². The number of carbonyl (C=O) groups is 3. The van der Waals surface area contributed by atoms with Gasteiger partial charge in [-0.3, -0.25) is 14.4 Å². The van der Waals surface area contributed by atoms with Crippen molar-refractivity contribution in [2.45, 2.75) is 0 Å². The van der Waals surface area contributed by atoms with Gasteiger partial charge in [0.05, 0.1) is 10.0 Å². The summed E-state index contributed by atoms with van der Waals surface area (Å²) in [6.45, 7) is -0.800. The summed E-state index contributed by atoms with van der Waals surface area (Å²) in [5, 5.41) is 0. The quantitative estimate of drug-likeness (QED) is 0.625. The van der Waals surface area contributed by atoms with Crippen LogP contribution in [0.25, 0.3) is 0 Å². The Morgan fingerprint density at radius 1 is 1.11 bits per heavy atom. The number of benzene rings is 1. The predicted molar refractivity (Wildman–Crippen MR) is 72.8 cm³/mol. The lowest BCUT2D eigenvalue weighted by Crippen LogP contribution is -2.43. The highest BCUT2D eigenvalue weighted by molar-refractivity contribution is 9.10. The molecule has 0 heterocycles. The summed E-state index contributed by atoms with van der Waals surface area (Å²) in [5.41, 5.74) is 16.3. The van der Waals surface area contributed by atoms with Gasteiger partial charge in [-0.1, -0.05) is 6.07 Å². The normalized spacial score (nSPS) is 9.95. The zero-order valence-electron chi connectivity index (χ0n) is 9.93. The molecule has 0 spiro atoms. The van der Waals surface area contributed by atoms with Crippen molar-refractivity contribution in [2.75, 3.05) is 18.8 Å². The van der Waals surface area contributed by atoms with Crippen LogP contribution in [0.1, 0.15) is 10.4 Å². The first-order valence-corrected chi connectivity index (χ1v) is 6.02. The number of halogens is 1. The standard InChI is InChI=1S/C11H13BrN4O3/c12-10-6(2-1-3-7(10)13)11(19)16(4-8(14)17)5-9(15)18/h1-3H,4-5,13H2,(H2,14,17)(H2,15,18). The number of nitrogens with two attached hydrogens (primary N) is 3. The molecule has 1 rings (SSSR count). The Labute approximate surface area is 117 Å². The number of nitrogens with zero attached hydrogens (tertiary/aromatic N) is 1. The molecular formula is C11H13BrN4O3. The smallest absolute Gasteiger partial charge is 0.256 e. The number of hydrogen-bond donors (Lipinski definition) is 3. The Balaban J connectivity index is 3.07. The number of anilines is 1. The van der Waals surface area contributed by atoms with Crippen LogP contribution in [0.2, 0.25) is 0 Å². The molecule has 7 nitrogen and oxygen atoms in total. The lowest BCUT2D eigenvalue weighted by atomic mass is 10.1. The molecule has 0 aromatic heterocycles. The first-order valence-electron chi connectivity index (χ1n) is 5.22. The molecule has 1 aromatic carbocycles. The molecule has 0 aliphatic carbocycles. The van der Waals surface area contributed by atoms with Gasteiger partial charge in [0.25, 0.3) is 5.91 Å². The van der Waals surface area contributed by atoms with Crippen LogP contribution in [0.15, 0.2) is 22.7 Å². The molecule has 0 aliphatic rings. The molecule has 8 heteroatoms. The fourth-order valence-electron chi connectivity index (χ4n) is 1.46. The molecule has 0 atom stereocenters. The molecule has 0 bridgehead atoms. The maximum atomic E-state index is 12.2. The van der Waals surface area contributed by atoms with E-state index in [1.807, 2.05) is 0 Å². The molecule has 6 N–H and O–H groups in total. The van der Waals surface area contributed by atoms with Gasteiger partial charge in [0, 0.05) is 5.69 Å². The Bertz CT molecular complexity index is 517. The van der Waals surface area contributed by atoms with E-state index in [2.05, 4.69) is 15.9 Å². The minimum atomic E-state index is -0.741. The molecule has 0 radical (unpaired) electrons. The van der Waals surface area contributed by atoms with Gasteiger partial charge in [-0.25, -0.2) is 0 Å². The van der Waals surface area contributed by atoms with Crippen molar-refractivity contribution >= 4 is 39.3 Å². The lowest BCUT2D eigenvalue weighted by molar-refractivity contribution is -0.121. The second-order valence-electron chi connectivity index (χ2n) is 3.80. The van der Waals surface area contributed by atoms with Gasteiger partial charge in [-0.05, 0) is 28.1 Å². The van der Waals surface area contributed by atoms with Gasteiger partial charge in [-0.2, -0.15) is 0 Å². The number of rotatable bonds is 5. The van der Waals surface area contributed by atoms with E-state index >= 15 is 0 Å². The highest BCUT2D eigenvalue weighted by atomic mass is 79.9. The summed E-state index contributed by atoms with van der Waals surface area (Å²) in [7, 11) is 0. The molecule has 0 unspecified atom stereocenters. The number of nitrogen functional groups attached to an aromatic ring is 1. The monoisotopic (exact) mass is 328 g/mol. The van der Waals surface area contributed by atoms with E-state index in [1.54, 1.807) is 12.1 Å². The van der Waals surface area contributed by atoms with Gasteiger partial charge in [0.2, 0.25) is 11.8 Å². The van der Waals surface area contributed by atoms with Crippen LogP contribution in [0, 0.1) is 0 Å².